The Kier molecular flexibility index (Phi) is 5.55. The molecule has 0 aliphatic heterocycles. The van der Waals surface area contributed by atoms with Crippen LogP contribution in [0.5, 0.6) is 0 Å². The van der Waals surface area contributed by atoms with Gasteiger partial charge >= 0.3 is 0 Å². The van der Waals surface area contributed by atoms with Crippen molar-refractivity contribution in [1.29, 1.82) is 0 Å². The number of hydrogen-bond acceptors (Lipinski definition) is 0. The first kappa shape index (κ1) is 23.7. The van der Waals surface area contributed by atoms with Crippen LogP contribution in [-0.4, -0.2) is 0 Å². The third-order valence-electron chi connectivity index (χ3n) is 7.69. The van der Waals surface area contributed by atoms with Gasteiger partial charge in [-0.05, 0) is 143 Å². The van der Waals surface area contributed by atoms with E-state index in [-0.39, 0.29) is 0 Å². The Morgan fingerprint density at radius 3 is 1.08 bits per heavy atom. The van der Waals surface area contributed by atoms with Gasteiger partial charge in [0.05, 0.1) is 0 Å². The lowest BCUT2D eigenvalue weighted by Gasteiger charge is -2.22. The highest BCUT2D eigenvalue weighted by Gasteiger charge is 2.21. The van der Waals surface area contributed by atoms with Crippen LogP contribution < -0.4 is 0 Å². The molecule has 178 valence electrons. The molecule has 6 rings (SSSR count). The fourth-order valence-corrected chi connectivity index (χ4v) is 7.42. The van der Waals surface area contributed by atoms with E-state index in [1.165, 1.54) is 88.0 Å². The van der Waals surface area contributed by atoms with Crippen molar-refractivity contribution in [1.82, 2.24) is 0 Å². The Balaban J connectivity index is 1.85. The van der Waals surface area contributed by atoms with E-state index in [2.05, 4.69) is 134 Å². The molecule has 0 aliphatic rings. The molecule has 0 saturated carbocycles. The summed E-state index contributed by atoms with van der Waals surface area (Å²) in [6.45, 7) is 13.3. The fourth-order valence-electron chi connectivity index (χ4n) is 6.53. The van der Waals surface area contributed by atoms with Crippen LogP contribution in [0, 0.1) is 41.5 Å². The van der Waals surface area contributed by atoms with Crippen LogP contribution in [-0.2, 0) is 0 Å². The smallest absolute Gasteiger partial charge is 0.0254 e. The number of hydrogen-bond donors (Lipinski definition) is 0. The van der Waals surface area contributed by atoms with Crippen LogP contribution in [0.3, 0.4) is 0 Å². The molecule has 0 unspecified atom stereocenters. The van der Waals surface area contributed by atoms with E-state index >= 15 is 0 Å². The zero-order valence-electron chi connectivity index (χ0n) is 21.5. The van der Waals surface area contributed by atoms with Crippen molar-refractivity contribution in [3.05, 3.63) is 103 Å². The lowest BCUT2D eigenvalue weighted by atomic mass is 9.82. The van der Waals surface area contributed by atoms with Crippen LogP contribution in [0.1, 0.15) is 33.4 Å². The van der Waals surface area contributed by atoms with Gasteiger partial charge in [-0.3, -0.25) is 0 Å². The summed E-state index contributed by atoms with van der Waals surface area (Å²) < 4.78 is 2.27. The molecule has 0 aromatic heterocycles. The quantitative estimate of drug-likeness (QED) is 0.175. The Bertz CT molecular complexity index is 1670. The molecular weight excluding hydrogens is 568 g/mol. The molecule has 0 atom stereocenters. The normalized spacial score (nSPS) is 11.9. The molecule has 0 amide bonds. The van der Waals surface area contributed by atoms with Gasteiger partial charge in [0.1, 0.15) is 0 Å². The molecule has 0 bridgehead atoms. The van der Waals surface area contributed by atoms with Crippen molar-refractivity contribution >= 4 is 64.2 Å². The van der Waals surface area contributed by atoms with Crippen molar-refractivity contribution in [2.45, 2.75) is 41.5 Å². The monoisotopic (exact) mass is 594 g/mol. The second-order valence-corrected chi connectivity index (χ2v) is 12.1. The maximum Gasteiger partial charge on any atom is 0.0254 e. The van der Waals surface area contributed by atoms with Gasteiger partial charge in [0.25, 0.3) is 0 Å². The van der Waals surface area contributed by atoms with Crippen LogP contribution >= 0.6 is 31.9 Å². The SMILES string of the molecule is Cc1cc(C)c(-c2cc3c(Br)ccc4c(-c5c(C)cc(C)cc5C)cc5c(Br)ccc2c5c34)c(C)c1. The lowest BCUT2D eigenvalue weighted by molar-refractivity contribution is 1.32. The molecule has 0 radical (unpaired) electrons. The highest BCUT2D eigenvalue weighted by molar-refractivity contribution is 9.11. The Morgan fingerprint density at radius 2 is 0.750 bits per heavy atom. The highest BCUT2D eigenvalue weighted by Crippen LogP contribution is 2.49. The largest absolute Gasteiger partial charge is 0.0557 e. The van der Waals surface area contributed by atoms with Gasteiger partial charge in [0.2, 0.25) is 0 Å². The number of aryl methyl sites for hydroxylation is 6. The predicted octanol–water partition coefficient (Wildman–Crippen LogP) is 11.3. The minimum atomic E-state index is 1.14. The van der Waals surface area contributed by atoms with Gasteiger partial charge in [-0.2, -0.15) is 0 Å². The standard InChI is InChI=1S/C34H28Br2/c1-17-11-19(3)31(20(4)12-17)25-15-27-29(35)10-8-24-26(32-21(5)13-18(2)14-22(32)6)16-28-30(36)9-7-23(25)33(28)34(24)27/h7-16H,1-6H3. The Labute approximate surface area is 229 Å². The van der Waals surface area contributed by atoms with Crippen molar-refractivity contribution in [2.24, 2.45) is 0 Å². The molecule has 6 aromatic rings. The first-order valence-electron chi connectivity index (χ1n) is 12.4. The molecule has 36 heavy (non-hydrogen) atoms. The third kappa shape index (κ3) is 3.45. The molecule has 0 aliphatic carbocycles. The molecule has 0 heterocycles. The number of halogens is 2. The minimum absolute atomic E-state index is 1.14. The summed E-state index contributed by atoms with van der Waals surface area (Å²) in [7, 11) is 0. The first-order valence-corrected chi connectivity index (χ1v) is 14.0. The van der Waals surface area contributed by atoms with Gasteiger partial charge in [0, 0.05) is 8.95 Å². The average Bonchev–Trinajstić information content (AvgIpc) is 2.79. The van der Waals surface area contributed by atoms with Gasteiger partial charge < -0.3 is 0 Å². The molecule has 0 nitrogen and oxygen atoms in total. The zero-order valence-corrected chi connectivity index (χ0v) is 24.7. The van der Waals surface area contributed by atoms with Crippen LogP contribution in [0.2, 0.25) is 0 Å². The highest BCUT2D eigenvalue weighted by atomic mass is 79.9. The van der Waals surface area contributed by atoms with E-state index in [0.717, 1.165) is 8.95 Å². The molecule has 6 aromatic carbocycles. The Morgan fingerprint density at radius 1 is 0.417 bits per heavy atom. The predicted molar refractivity (Wildman–Crippen MR) is 165 cm³/mol. The summed E-state index contributed by atoms with van der Waals surface area (Å²) in [5, 5.41) is 7.81. The van der Waals surface area contributed by atoms with Gasteiger partial charge in [-0.1, -0.05) is 79.4 Å². The van der Waals surface area contributed by atoms with E-state index in [4.69, 9.17) is 0 Å². The summed E-state index contributed by atoms with van der Waals surface area (Å²) >= 11 is 7.85. The zero-order chi connectivity index (χ0) is 25.5. The summed E-state index contributed by atoms with van der Waals surface area (Å²) in [5.41, 5.74) is 13.2. The van der Waals surface area contributed by atoms with Crippen LogP contribution in [0.25, 0.3) is 54.6 Å². The van der Waals surface area contributed by atoms with E-state index in [9.17, 15) is 0 Å². The number of rotatable bonds is 2. The maximum absolute atomic E-state index is 3.92. The fraction of sp³-hybridized carbons (Fsp3) is 0.176. The maximum atomic E-state index is 3.92. The summed E-state index contributed by atoms with van der Waals surface area (Å²) in [6.07, 6.45) is 0. The molecule has 0 N–H and O–H groups in total. The first-order chi connectivity index (χ1) is 17.2. The van der Waals surface area contributed by atoms with E-state index in [0.29, 0.717) is 0 Å². The molecule has 0 fully saturated rings. The molecular formula is C34H28Br2. The van der Waals surface area contributed by atoms with Gasteiger partial charge in [-0.25, -0.2) is 0 Å². The van der Waals surface area contributed by atoms with Gasteiger partial charge in [0.15, 0.2) is 0 Å². The van der Waals surface area contributed by atoms with Gasteiger partial charge in [-0.15, -0.1) is 0 Å². The lowest BCUT2D eigenvalue weighted by Crippen LogP contribution is -1.96. The average molecular weight is 596 g/mol. The van der Waals surface area contributed by atoms with Crippen molar-refractivity contribution in [2.75, 3.05) is 0 Å². The van der Waals surface area contributed by atoms with E-state index < -0.39 is 0 Å². The van der Waals surface area contributed by atoms with E-state index in [1.54, 1.807) is 0 Å². The molecule has 0 spiro atoms. The van der Waals surface area contributed by atoms with Crippen molar-refractivity contribution < 1.29 is 0 Å². The molecule has 0 saturated heterocycles. The minimum Gasteiger partial charge on any atom is -0.0557 e. The van der Waals surface area contributed by atoms with Crippen molar-refractivity contribution in [3.8, 4) is 22.3 Å². The second kappa shape index (κ2) is 8.43. The van der Waals surface area contributed by atoms with Crippen LogP contribution in [0.15, 0.2) is 69.6 Å². The van der Waals surface area contributed by atoms with Crippen molar-refractivity contribution in [3.63, 3.8) is 0 Å². The summed E-state index contributed by atoms with van der Waals surface area (Å²) in [5.74, 6) is 0. The summed E-state index contributed by atoms with van der Waals surface area (Å²) in [4.78, 5) is 0. The van der Waals surface area contributed by atoms with E-state index in [1.807, 2.05) is 0 Å². The Hall–Kier alpha value is -2.68. The summed E-state index contributed by atoms with van der Waals surface area (Å²) in [6, 6.07) is 23.1. The number of benzene rings is 6. The second-order valence-electron chi connectivity index (χ2n) is 10.4. The topological polar surface area (TPSA) is 0 Å². The van der Waals surface area contributed by atoms with Crippen LogP contribution in [0.4, 0.5) is 0 Å². The third-order valence-corrected chi connectivity index (χ3v) is 9.07. The molecule has 2 heteroatoms.